The first-order valence-electron chi connectivity index (χ1n) is 9.15. The number of ether oxygens (including phenoxy) is 1. The molecule has 3 rings (SSSR count). The predicted molar refractivity (Wildman–Crippen MR) is 92.9 cm³/mol. The Morgan fingerprint density at radius 1 is 1.38 bits per heavy atom. The summed E-state index contributed by atoms with van der Waals surface area (Å²) in [6, 6.07) is 1.00. The second kappa shape index (κ2) is 7.13. The molecule has 0 bridgehead atoms. The smallest absolute Gasteiger partial charge is 0.407 e. The highest BCUT2D eigenvalue weighted by Gasteiger charge is 2.31. The lowest BCUT2D eigenvalue weighted by atomic mass is 9.92. The fourth-order valence-electron chi connectivity index (χ4n) is 3.89. The number of hydrogen-bond donors (Lipinski definition) is 3. The third-order valence-electron chi connectivity index (χ3n) is 5.03. The molecule has 0 radical (unpaired) electrons. The Morgan fingerprint density at radius 2 is 2.21 bits per heavy atom. The van der Waals surface area contributed by atoms with Crippen molar-refractivity contribution in [2.45, 2.75) is 77.0 Å². The van der Waals surface area contributed by atoms with Gasteiger partial charge in [-0.2, -0.15) is 5.10 Å². The topological polar surface area (TPSA) is 79.0 Å². The van der Waals surface area contributed by atoms with Crippen molar-refractivity contribution in [2.75, 3.05) is 6.54 Å². The molecule has 1 amide bonds. The number of H-pyrrole nitrogens is 1. The number of carbonyl (C=O) groups excluding carboxylic acids is 1. The van der Waals surface area contributed by atoms with Crippen molar-refractivity contribution in [3.63, 3.8) is 0 Å². The third kappa shape index (κ3) is 4.50. The first-order valence-corrected chi connectivity index (χ1v) is 9.15. The van der Waals surface area contributed by atoms with Crippen molar-refractivity contribution in [2.24, 2.45) is 5.92 Å². The quantitative estimate of drug-likeness (QED) is 0.791. The summed E-state index contributed by atoms with van der Waals surface area (Å²) in [6.45, 7) is 6.36. The molecule has 6 heteroatoms. The van der Waals surface area contributed by atoms with Gasteiger partial charge in [0.05, 0.1) is 6.20 Å². The van der Waals surface area contributed by atoms with Crippen LogP contribution in [0.1, 0.15) is 57.7 Å². The lowest BCUT2D eigenvalue weighted by Gasteiger charge is -2.30. The lowest BCUT2D eigenvalue weighted by molar-refractivity contribution is 0.0517. The van der Waals surface area contributed by atoms with E-state index in [4.69, 9.17) is 4.74 Å². The molecule has 1 aromatic heterocycles. The van der Waals surface area contributed by atoms with Crippen LogP contribution in [0.2, 0.25) is 0 Å². The van der Waals surface area contributed by atoms with Crippen molar-refractivity contribution >= 4 is 6.09 Å². The van der Waals surface area contributed by atoms with Gasteiger partial charge < -0.3 is 15.4 Å². The monoisotopic (exact) mass is 334 g/mol. The molecule has 24 heavy (non-hydrogen) atoms. The van der Waals surface area contributed by atoms with Gasteiger partial charge in [-0.15, -0.1) is 0 Å². The van der Waals surface area contributed by atoms with Crippen LogP contribution < -0.4 is 10.6 Å². The Bertz CT molecular complexity index is 564. The van der Waals surface area contributed by atoms with E-state index in [-0.39, 0.29) is 6.09 Å². The molecule has 1 fully saturated rings. The van der Waals surface area contributed by atoms with E-state index in [0.29, 0.717) is 24.5 Å². The number of aromatic amines is 1. The molecule has 3 N–H and O–H groups in total. The van der Waals surface area contributed by atoms with E-state index in [0.717, 1.165) is 25.7 Å². The maximum atomic E-state index is 11.9. The summed E-state index contributed by atoms with van der Waals surface area (Å²) in [4.78, 5) is 11.9. The van der Waals surface area contributed by atoms with Gasteiger partial charge in [0.25, 0.3) is 0 Å². The average Bonchev–Trinajstić information content (AvgIpc) is 3.12. The summed E-state index contributed by atoms with van der Waals surface area (Å²) < 4.78 is 5.33. The summed E-state index contributed by atoms with van der Waals surface area (Å²) >= 11 is 0. The number of rotatable bonds is 4. The molecule has 1 saturated carbocycles. The van der Waals surface area contributed by atoms with E-state index in [1.807, 2.05) is 27.0 Å². The predicted octanol–water partition coefficient (Wildman–Crippen LogP) is 2.55. The molecule has 2 aliphatic rings. The summed E-state index contributed by atoms with van der Waals surface area (Å²) in [5.74, 6) is 0.489. The largest absolute Gasteiger partial charge is 0.444 e. The maximum absolute atomic E-state index is 11.9. The summed E-state index contributed by atoms with van der Waals surface area (Å²) in [6.07, 6.45) is 8.50. The Hall–Kier alpha value is -1.56. The zero-order valence-corrected chi connectivity index (χ0v) is 15.0. The van der Waals surface area contributed by atoms with Crippen molar-refractivity contribution in [1.29, 1.82) is 0 Å². The highest BCUT2D eigenvalue weighted by molar-refractivity contribution is 5.67. The Morgan fingerprint density at radius 3 is 3.00 bits per heavy atom. The number of aryl methyl sites for hydroxylation is 1. The minimum Gasteiger partial charge on any atom is -0.444 e. The second-order valence-electron chi connectivity index (χ2n) is 8.16. The van der Waals surface area contributed by atoms with E-state index in [2.05, 4.69) is 20.8 Å². The highest BCUT2D eigenvalue weighted by Crippen LogP contribution is 2.27. The van der Waals surface area contributed by atoms with Gasteiger partial charge in [0, 0.05) is 24.3 Å². The molecule has 134 valence electrons. The number of hydrogen-bond acceptors (Lipinski definition) is 4. The molecule has 1 heterocycles. The van der Waals surface area contributed by atoms with Gasteiger partial charge in [0.15, 0.2) is 0 Å². The second-order valence-corrected chi connectivity index (χ2v) is 8.16. The van der Waals surface area contributed by atoms with Crippen LogP contribution in [0.3, 0.4) is 0 Å². The van der Waals surface area contributed by atoms with Gasteiger partial charge in [-0.25, -0.2) is 4.79 Å². The zero-order valence-electron chi connectivity index (χ0n) is 15.0. The molecule has 6 nitrogen and oxygen atoms in total. The Labute approximate surface area is 144 Å². The normalized spacial score (nSPS) is 26.9. The molecule has 0 unspecified atom stereocenters. The van der Waals surface area contributed by atoms with Gasteiger partial charge in [-0.3, -0.25) is 5.10 Å². The Balaban J connectivity index is 1.47. The van der Waals surface area contributed by atoms with Crippen molar-refractivity contribution in [1.82, 2.24) is 20.8 Å². The highest BCUT2D eigenvalue weighted by atomic mass is 16.6. The van der Waals surface area contributed by atoms with Crippen LogP contribution >= 0.6 is 0 Å². The molecule has 0 aliphatic heterocycles. The molecular weight excluding hydrogens is 304 g/mol. The van der Waals surface area contributed by atoms with Crippen LogP contribution in [0, 0.1) is 5.92 Å². The fourth-order valence-corrected chi connectivity index (χ4v) is 3.89. The van der Waals surface area contributed by atoms with Crippen LogP contribution in [0.25, 0.3) is 0 Å². The number of nitrogens with one attached hydrogen (secondary N) is 3. The zero-order chi connectivity index (χ0) is 17.2. The minimum absolute atomic E-state index is 0.311. The average molecular weight is 334 g/mol. The van der Waals surface area contributed by atoms with Crippen LogP contribution in [-0.4, -0.2) is 40.5 Å². The third-order valence-corrected chi connectivity index (χ3v) is 5.03. The SMILES string of the molecule is CC(C)(C)OC(=O)NC[C@@H]1CCC[C@H]1N[C@H]1CCc2[nH]ncc2C1. The van der Waals surface area contributed by atoms with Crippen molar-refractivity contribution < 1.29 is 9.53 Å². The van der Waals surface area contributed by atoms with E-state index >= 15 is 0 Å². The van der Waals surface area contributed by atoms with Crippen LogP contribution in [0.4, 0.5) is 4.79 Å². The van der Waals surface area contributed by atoms with Crippen molar-refractivity contribution in [3.05, 3.63) is 17.5 Å². The standard InChI is InChI=1S/C18H30N4O2/c1-18(2,3)24-17(23)19-10-12-5-4-6-15(12)21-14-7-8-16-13(9-14)11-20-22-16/h11-12,14-15,21H,4-10H2,1-3H3,(H,19,23)(H,20,22)/t12-,14-,15+/m0/s1. The Kier molecular flexibility index (Phi) is 5.13. The van der Waals surface area contributed by atoms with Gasteiger partial charge in [-0.05, 0) is 64.4 Å². The van der Waals surface area contributed by atoms with Crippen molar-refractivity contribution in [3.8, 4) is 0 Å². The van der Waals surface area contributed by atoms with E-state index in [1.54, 1.807) is 0 Å². The first-order chi connectivity index (χ1) is 11.4. The molecule has 0 spiro atoms. The number of aromatic nitrogens is 2. The van der Waals surface area contributed by atoms with Gasteiger partial charge in [0.1, 0.15) is 5.60 Å². The summed E-state index contributed by atoms with van der Waals surface area (Å²) in [7, 11) is 0. The van der Waals surface area contributed by atoms with Crippen LogP contribution in [-0.2, 0) is 17.6 Å². The lowest BCUT2D eigenvalue weighted by Crippen LogP contribution is -2.46. The number of fused-ring (bicyclic) bond motifs is 1. The number of alkyl carbamates (subject to hydrolysis) is 1. The molecule has 0 saturated heterocycles. The summed E-state index contributed by atoms with van der Waals surface area (Å²) in [5, 5.41) is 14.0. The van der Waals surface area contributed by atoms with E-state index < -0.39 is 5.60 Å². The molecular formula is C18H30N4O2. The van der Waals surface area contributed by atoms with Gasteiger partial charge >= 0.3 is 6.09 Å². The van der Waals surface area contributed by atoms with E-state index in [9.17, 15) is 4.79 Å². The molecule has 2 aliphatic carbocycles. The number of amides is 1. The van der Waals surface area contributed by atoms with E-state index in [1.165, 1.54) is 24.1 Å². The minimum atomic E-state index is -0.443. The molecule has 0 aromatic carbocycles. The van der Waals surface area contributed by atoms with Crippen LogP contribution in [0.15, 0.2) is 6.20 Å². The maximum Gasteiger partial charge on any atom is 0.407 e. The number of carbonyl (C=O) groups is 1. The van der Waals surface area contributed by atoms with Gasteiger partial charge in [-0.1, -0.05) is 6.42 Å². The molecule has 3 atom stereocenters. The fraction of sp³-hybridized carbons (Fsp3) is 0.778. The van der Waals surface area contributed by atoms with Crippen LogP contribution in [0.5, 0.6) is 0 Å². The van der Waals surface area contributed by atoms with Gasteiger partial charge in [0.2, 0.25) is 0 Å². The first kappa shape index (κ1) is 17.3. The number of nitrogens with zero attached hydrogens (tertiary/aromatic N) is 1. The molecule has 1 aromatic rings. The summed E-state index contributed by atoms with van der Waals surface area (Å²) in [5.41, 5.74) is 2.20.